The van der Waals surface area contributed by atoms with Crippen LogP contribution >= 0.6 is 0 Å². The first-order valence-corrected chi connectivity index (χ1v) is 7.57. The lowest BCUT2D eigenvalue weighted by Gasteiger charge is -2.49. The number of piperazine rings is 1. The Morgan fingerprint density at radius 3 is 2.65 bits per heavy atom. The molecule has 1 atom stereocenters. The van der Waals surface area contributed by atoms with E-state index in [1.807, 2.05) is 12.4 Å². The maximum absolute atomic E-state index is 4.32. The third-order valence-electron chi connectivity index (χ3n) is 4.39. The van der Waals surface area contributed by atoms with Crippen LogP contribution < -0.4 is 5.32 Å². The molecule has 0 amide bonds. The highest BCUT2D eigenvalue weighted by atomic mass is 15.3. The van der Waals surface area contributed by atoms with Crippen LogP contribution in [0.3, 0.4) is 0 Å². The van der Waals surface area contributed by atoms with Crippen molar-refractivity contribution < 1.29 is 0 Å². The van der Waals surface area contributed by atoms with Gasteiger partial charge in [0, 0.05) is 43.6 Å². The molecular formula is C17H29N3. The molecule has 0 radical (unpaired) electrons. The molecule has 3 nitrogen and oxygen atoms in total. The molecule has 2 rings (SSSR count). The second-order valence-corrected chi connectivity index (χ2v) is 7.86. The van der Waals surface area contributed by atoms with Crippen LogP contribution in [0, 0.1) is 12.3 Å². The average Bonchev–Trinajstić information content (AvgIpc) is 2.30. The summed E-state index contributed by atoms with van der Waals surface area (Å²) in [4.78, 5) is 6.92. The summed E-state index contributed by atoms with van der Waals surface area (Å²) in [6.45, 7) is 16.8. The number of pyridine rings is 1. The van der Waals surface area contributed by atoms with E-state index >= 15 is 0 Å². The molecule has 1 aliphatic heterocycles. The van der Waals surface area contributed by atoms with Gasteiger partial charge in [-0.25, -0.2) is 0 Å². The SMILES string of the molecule is Cc1cncc(CN2CC(C(C)(C)C)NCC2(C)C)c1. The van der Waals surface area contributed by atoms with Crippen molar-refractivity contribution in [2.24, 2.45) is 5.41 Å². The molecule has 2 heterocycles. The minimum Gasteiger partial charge on any atom is -0.310 e. The van der Waals surface area contributed by atoms with Crippen LogP contribution in [-0.4, -0.2) is 34.6 Å². The second kappa shape index (κ2) is 5.45. The molecule has 1 unspecified atom stereocenters. The zero-order chi connectivity index (χ0) is 15.0. The van der Waals surface area contributed by atoms with Gasteiger partial charge >= 0.3 is 0 Å². The molecule has 1 saturated heterocycles. The maximum Gasteiger partial charge on any atom is 0.0313 e. The molecule has 0 aliphatic carbocycles. The zero-order valence-corrected chi connectivity index (χ0v) is 13.8. The Morgan fingerprint density at radius 1 is 1.35 bits per heavy atom. The van der Waals surface area contributed by atoms with E-state index in [-0.39, 0.29) is 5.54 Å². The fourth-order valence-electron chi connectivity index (χ4n) is 2.80. The van der Waals surface area contributed by atoms with Crippen molar-refractivity contribution in [3.05, 3.63) is 29.6 Å². The Balaban J connectivity index is 2.14. The number of rotatable bonds is 2. The first-order valence-electron chi connectivity index (χ1n) is 7.57. The molecule has 1 aliphatic rings. The molecule has 0 aromatic carbocycles. The van der Waals surface area contributed by atoms with Gasteiger partial charge in [-0.15, -0.1) is 0 Å². The molecule has 1 N–H and O–H groups in total. The van der Waals surface area contributed by atoms with E-state index in [9.17, 15) is 0 Å². The Hall–Kier alpha value is -0.930. The lowest BCUT2D eigenvalue weighted by Crippen LogP contribution is -2.64. The number of hydrogen-bond donors (Lipinski definition) is 1. The molecule has 20 heavy (non-hydrogen) atoms. The van der Waals surface area contributed by atoms with Crippen LogP contribution in [0.15, 0.2) is 18.5 Å². The monoisotopic (exact) mass is 275 g/mol. The third-order valence-corrected chi connectivity index (χ3v) is 4.39. The summed E-state index contributed by atoms with van der Waals surface area (Å²) in [6, 6.07) is 2.78. The first kappa shape index (κ1) is 15.5. The first-order chi connectivity index (χ1) is 9.18. The lowest BCUT2D eigenvalue weighted by atomic mass is 9.82. The van der Waals surface area contributed by atoms with E-state index in [0.717, 1.165) is 19.6 Å². The molecule has 1 aromatic rings. The van der Waals surface area contributed by atoms with Crippen LogP contribution in [-0.2, 0) is 6.54 Å². The molecule has 0 bridgehead atoms. The number of hydrogen-bond acceptors (Lipinski definition) is 3. The van der Waals surface area contributed by atoms with Gasteiger partial charge in [0.2, 0.25) is 0 Å². The lowest BCUT2D eigenvalue weighted by molar-refractivity contribution is 0.0295. The van der Waals surface area contributed by atoms with Crippen LogP contribution in [0.5, 0.6) is 0 Å². The highest BCUT2D eigenvalue weighted by Crippen LogP contribution is 2.28. The number of aryl methyl sites for hydroxylation is 1. The van der Waals surface area contributed by atoms with Crippen LogP contribution in [0.4, 0.5) is 0 Å². The minimum absolute atomic E-state index is 0.186. The van der Waals surface area contributed by atoms with Gasteiger partial charge in [0.15, 0.2) is 0 Å². The molecule has 3 heteroatoms. The zero-order valence-electron chi connectivity index (χ0n) is 13.8. The van der Waals surface area contributed by atoms with Gasteiger partial charge in [-0.2, -0.15) is 0 Å². The molecule has 1 fully saturated rings. The van der Waals surface area contributed by atoms with Gasteiger partial charge in [0.25, 0.3) is 0 Å². The van der Waals surface area contributed by atoms with Gasteiger partial charge in [-0.05, 0) is 37.3 Å². The predicted octanol–water partition coefficient (Wildman–Crippen LogP) is 2.99. The van der Waals surface area contributed by atoms with E-state index in [0.29, 0.717) is 11.5 Å². The summed E-state index contributed by atoms with van der Waals surface area (Å²) in [5.41, 5.74) is 3.03. The third kappa shape index (κ3) is 3.58. The van der Waals surface area contributed by atoms with Crippen molar-refractivity contribution in [1.29, 1.82) is 0 Å². The Bertz CT molecular complexity index is 460. The number of nitrogens with zero attached hydrogens (tertiary/aromatic N) is 2. The van der Waals surface area contributed by atoms with E-state index in [4.69, 9.17) is 0 Å². The Labute approximate surface area is 123 Å². The quantitative estimate of drug-likeness (QED) is 0.899. The number of aromatic nitrogens is 1. The molecule has 1 aromatic heterocycles. The van der Waals surface area contributed by atoms with Crippen LogP contribution in [0.2, 0.25) is 0 Å². The predicted molar refractivity (Wildman–Crippen MR) is 84.7 cm³/mol. The highest BCUT2D eigenvalue weighted by molar-refractivity contribution is 5.17. The van der Waals surface area contributed by atoms with Gasteiger partial charge in [-0.1, -0.05) is 26.8 Å². The Kier molecular flexibility index (Phi) is 4.22. The van der Waals surface area contributed by atoms with Gasteiger partial charge in [0.05, 0.1) is 0 Å². The summed E-state index contributed by atoms with van der Waals surface area (Å²) >= 11 is 0. The van der Waals surface area contributed by atoms with Crippen molar-refractivity contribution in [3.63, 3.8) is 0 Å². The van der Waals surface area contributed by atoms with E-state index in [1.54, 1.807) is 0 Å². The van der Waals surface area contributed by atoms with Crippen molar-refractivity contribution >= 4 is 0 Å². The fourth-order valence-corrected chi connectivity index (χ4v) is 2.80. The molecular weight excluding hydrogens is 246 g/mol. The topological polar surface area (TPSA) is 28.2 Å². The maximum atomic E-state index is 4.32. The van der Waals surface area contributed by atoms with E-state index in [1.165, 1.54) is 11.1 Å². The number of nitrogens with one attached hydrogen (secondary N) is 1. The molecule has 112 valence electrons. The van der Waals surface area contributed by atoms with E-state index < -0.39 is 0 Å². The summed E-state index contributed by atoms with van der Waals surface area (Å²) < 4.78 is 0. The van der Waals surface area contributed by atoms with Gasteiger partial charge < -0.3 is 5.32 Å². The largest absolute Gasteiger partial charge is 0.310 e. The van der Waals surface area contributed by atoms with Gasteiger partial charge in [0.1, 0.15) is 0 Å². The minimum atomic E-state index is 0.186. The normalized spacial score (nSPS) is 23.8. The van der Waals surface area contributed by atoms with Crippen LogP contribution in [0.25, 0.3) is 0 Å². The smallest absolute Gasteiger partial charge is 0.0313 e. The molecule has 0 saturated carbocycles. The van der Waals surface area contributed by atoms with Crippen molar-refractivity contribution in [2.45, 2.75) is 59.7 Å². The van der Waals surface area contributed by atoms with Crippen molar-refractivity contribution in [3.8, 4) is 0 Å². The summed E-state index contributed by atoms with van der Waals surface area (Å²) in [7, 11) is 0. The second-order valence-electron chi connectivity index (χ2n) is 7.86. The fraction of sp³-hybridized carbons (Fsp3) is 0.706. The summed E-state index contributed by atoms with van der Waals surface area (Å²) in [5, 5.41) is 3.72. The van der Waals surface area contributed by atoms with Gasteiger partial charge in [-0.3, -0.25) is 9.88 Å². The average molecular weight is 275 g/mol. The molecule has 0 spiro atoms. The van der Waals surface area contributed by atoms with Crippen molar-refractivity contribution in [1.82, 2.24) is 15.2 Å². The summed E-state index contributed by atoms with van der Waals surface area (Å²) in [5.74, 6) is 0. The van der Waals surface area contributed by atoms with Crippen molar-refractivity contribution in [2.75, 3.05) is 13.1 Å². The Morgan fingerprint density at radius 2 is 2.05 bits per heavy atom. The summed E-state index contributed by atoms with van der Waals surface area (Å²) in [6.07, 6.45) is 3.92. The standard InChI is InChI=1S/C17H29N3/c1-13-7-14(9-18-8-13)10-20-11-15(16(2,3)4)19-12-17(20,5)6/h7-9,15,19H,10-12H2,1-6H3. The van der Waals surface area contributed by atoms with E-state index in [2.05, 4.69) is 62.8 Å². The highest BCUT2D eigenvalue weighted by Gasteiger charge is 2.38. The van der Waals surface area contributed by atoms with Crippen LogP contribution in [0.1, 0.15) is 45.7 Å².